The normalized spacial score (nSPS) is 11.7. The summed E-state index contributed by atoms with van der Waals surface area (Å²) in [5.41, 5.74) is 1.76. The maximum absolute atomic E-state index is 11.8. The number of ether oxygens (including phenoxy) is 1. The maximum Gasteiger partial charge on any atom is 0.411 e. The molecule has 0 aliphatic rings. The van der Waals surface area contributed by atoms with Crippen LogP contribution in [0, 0.1) is 6.92 Å². The monoisotopic (exact) mass is 359 g/mol. The van der Waals surface area contributed by atoms with E-state index in [1.165, 1.54) is 0 Å². The van der Waals surface area contributed by atoms with Gasteiger partial charge in [-0.25, -0.2) is 0 Å². The summed E-state index contributed by atoms with van der Waals surface area (Å²) in [6.45, 7) is 1.26. The molecule has 1 N–H and O–H groups in total. The number of hydrogen-bond acceptors (Lipinski definition) is 2. The lowest BCUT2D eigenvalue weighted by Crippen LogP contribution is -2.18. The number of halogens is 5. The number of benzene rings is 1. The summed E-state index contributed by atoms with van der Waals surface area (Å²) in [6, 6.07) is 3.66. The van der Waals surface area contributed by atoms with E-state index < -0.39 is 12.8 Å². The zero-order valence-corrected chi connectivity index (χ0v) is 12.6. The third-order valence-electron chi connectivity index (χ3n) is 2.29. The van der Waals surface area contributed by atoms with Crippen LogP contribution in [0.2, 0.25) is 5.02 Å². The summed E-state index contributed by atoms with van der Waals surface area (Å²) in [5.74, 6) is 0. The number of rotatable bonds is 6. The number of anilines is 1. The lowest BCUT2D eigenvalue weighted by molar-refractivity contribution is -0.173. The van der Waals surface area contributed by atoms with Crippen LogP contribution in [0.15, 0.2) is 16.6 Å². The van der Waals surface area contributed by atoms with Gasteiger partial charge in [0.05, 0.1) is 0 Å². The van der Waals surface area contributed by atoms with Crippen LogP contribution in [0.4, 0.5) is 18.9 Å². The maximum atomic E-state index is 11.8. The molecule has 1 aromatic carbocycles. The number of aryl methyl sites for hydroxylation is 1. The lowest BCUT2D eigenvalue weighted by atomic mass is 10.2. The summed E-state index contributed by atoms with van der Waals surface area (Å²) in [7, 11) is 0. The molecule has 0 fully saturated rings. The Hall–Kier alpha value is -0.460. The molecule has 0 unspecified atom stereocenters. The topological polar surface area (TPSA) is 21.3 Å². The van der Waals surface area contributed by atoms with Crippen molar-refractivity contribution >= 4 is 33.2 Å². The third-order valence-corrected chi connectivity index (χ3v) is 3.36. The summed E-state index contributed by atoms with van der Waals surface area (Å²) < 4.78 is 40.8. The molecule has 7 heteroatoms. The molecule has 1 aromatic rings. The molecular weight excluding hydrogens is 346 g/mol. The van der Waals surface area contributed by atoms with Gasteiger partial charge in [-0.05, 0) is 47.0 Å². The van der Waals surface area contributed by atoms with E-state index in [1.807, 2.05) is 13.0 Å². The average molecular weight is 361 g/mol. The van der Waals surface area contributed by atoms with Crippen LogP contribution in [0.5, 0.6) is 0 Å². The summed E-state index contributed by atoms with van der Waals surface area (Å²) >= 11 is 9.38. The standard InChI is InChI=1S/C12H14BrClF3NO/c1-8-5-9(13)11(6-10(8)14)18-3-2-4-19-7-12(15,16)17/h5-6,18H,2-4,7H2,1H3. The molecule has 0 amide bonds. The molecule has 2 nitrogen and oxygen atoms in total. The van der Waals surface area contributed by atoms with Crippen molar-refractivity contribution < 1.29 is 17.9 Å². The van der Waals surface area contributed by atoms with E-state index in [0.717, 1.165) is 15.7 Å². The van der Waals surface area contributed by atoms with E-state index in [2.05, 4.69) is 26.0 Å². The summed E-state index contributed by atoms with van der Waals surface area (Å²) in [4.78, 5) is 0. The van der Waals surface area contributed by atoms with Gasteiger partial charge >= 0.3 is 6.18 Å². The highest BCUT2D eigenvalue weighted by Crippen LogP contribution is 2.29. The van der Waals surface area contributed by atoms with Crippen LogP contribution in [0.1, 0.15) is 12.0 Å². The van der Waals surface area contributed by atoms with Crippen LogP contribution in [-0.4, -0.2) is 25.9 Å². The first-order valence-corrected chi connectivity index (χ1v) is 6.81. The van der Waals surface area contributed by atoms with Gasteiger partial charge < -0.3 is 10.1 Å². The molecule has 0 spiro atoms. The van der Waals surface area contributed by atoms with Crippen molar-refractivity contribution in [2.24, 2.45) is 0 Å². The Balaban J connectivity index is 2.28. The minimum atomic E-state index is -4.26. The summed E-state index contributed by atoms with van der Waals surface area (Å²) in [6.07, 6.45) is -3.78. The average Bonchev–Trinajstić information content (AvgIpc) is 2.28. The van der Waals surface area contributed by atoms with E-state index in [9.17, 15) is 13.2 Å². The Morgan fingerprint density at radius 3 is 2.68 bits per heavy atom. The fraction of sp³-hybridized carbons (Fsp3) is 0.500. The molecular formula is C12H14BrClF3NO. The van der Waals surface area contributed by atoms with Gasteiger partial charge in [-0.1, -0.05) is 11.6 Å². The minimum Gasteiger partial charge on any atom is -0.384 e. The van der Waals surface area contributed by atoms with Gasteiger partial charge in [-0.2, -0.15) is 13.2 Å². The molecule has 0 atom stereocenters. The first-order chi connectivity index (χ1) is 8.79. The zero-order chi connectivity index (χ0) is 14.5. The lowest BCUT2D eigenvalue weighted by Gasteiger charge is -2.11. The molecule has 1 rings (SSSR count). The van der Waals surface area contributed by atoms with Crippen LogP contribution in [-0.2, 0) is 4.74 Å². The van der Waals surface area contributed by atoms with Crippen LogP contribution < -0.4 is 5.32 Å². The van der Waals surface area contributed by atoms with Gasteiger partial charge in [0, 0.05) is 28.3 Å². The Morgan fingerprint density at radius 2 is 2.05 bits per heavy atom. The SMILES string of the molecule is Cc1cc(Br)c(NCCCOCC(F)(F)F)cc1Cl. The third kappa shape index (κ3) is 6.49. The number of hydrogen-bond donors (Lipinski definition) is 1. The molecule has 0 saturated heterocycles. The highest BCUT2D eigenvalue weighted by molar-refractivity contribution is 9.10. The van der Waals surface area contributed by atoms with Crippen LogP contribution >= 0.6 is 27.5 Å². The molecule has 0 radical (unpaired) electrons. The van der Waals surface area contributed by atoms with Gasteiger partial charge in [0.15, 0.2) is 0 Å². The van der Waals surface area contributed by atoms with Gasteiger partial charge in [0.2, 0.25) is 0 Å². The molecule has 0 aromatic heterocycles. The van der Waals surface area contributed by atoms with Gasteiger partial charge in [-0.3, -0.25) is 0 Å². The predicted molar refractivity (Wildman–Crippen MR) is 73.9 cm³/mol. The first kappa shape index (κ1) is 16.6. The van der Waals surface area contributed by atoms with E-state index in [-0.39, 0.29) is 6.61 Å². The van der Waals surface area contributed by atoms with Crippen molar-refractivity contribution in [1.29, 1.82) is 0 Å². The molecule has 19 heavy (non-hydrogen) atoms. The molecule has 108 valence electrons. The first-order valence-electron chi connectivity index (χ1n) is 5.63. The van der Waals surface area contributed by atoms with Crippen molar-refractivity contribution in [2.75, 3.05) is 25.1 Å². The molecule has 0 bridgehead atoms. The van der Waals surface area contributed by atoms with Crippen molar-refractivity contribution in [3.63, 3.8) is 0 Å². The van der Waals surface area contributed by atoms with E-state index in [1.54, 1.807) is 6.07 Å². The van der Waals surface area contributed by atoms with E-state index in [0.29, 0.717) is 18.0 Å². The van der Waals surface area contributed by atoms with Crippen molar-refractivity contribution in [1.82, 2.24) is 0 Å². The molecule has 0 heterocycles. The highest BCUT2D eigenvalue weighted by Gasteiger charge is 2.27. The predicted octanol–water partition coefficient (Wildman–Crippen LogP) is 4.79. The second kappa shape index (κ2) is 7.36. The largest absolute Gasteiger partial charge is 0.411 e. The zero-order valence-electron chi connectivity index (χ0n) is 10.3. The molecule has 0 aliphatic carbocycles. The Kier molecular flexibility index (Phi) is 6.42. The number of alkyl halides is 3. The Bertz CT molecular complexity index is 426. The number of nitrogens with one attached hydrogen (secondary N) is 1. The van der Waals surface area contributed by atoms with Crippen LogP contribution in [0.25, 0.3) is 0 Å². The van der Waals surface area contributed by atoms with E-state index in [4.69, 9.17) is 11.6 Å². The fourth-order valence-electron chi connectivity index (χ4n) is 1.37. The highest BCUT2D eigenvalue weighted by atomic mass is 79.9. The van der Waals surface area contributed by atoms with Crippen molar-refractivity contribution in [3.05, 3.63) is 27.2 Å². The quantitative estimate of drug-likeness (QED) is 0.736. The van der Waals surface area contributed by atoms with Crippen molar-refractivity contribution in [3.8, 4) is 0 Å². The smallest absolute Gasteiger partial charge is 0.384 e. The van der Waals surface area contributed by atoms with Gasteiger partial charge in [0.1, 0.15) is 6.61 Å². The Labute approximate surface area is 123 Å². The van der Waals surface area contributed by atoms with Crippen LogP contribution in [0.3, 0.4) is 0 Å². The molecule has 0 aliphatic heterocycles. The van der Waals surface area contributed by atoms with Gasteiger partial charge in [-0.15, -0.1) is 0 Å². The molecule has 0 saturated carbocycles. The minimum absolute atomic E-state index is 0.0592. The van der Waals surface area contributed by atoms with E-state index >= 15 is 0 Å². The van der Waals surface area contributed by atoms with Crippen molar-refractivity contribution in [2.45, 2.75) is 19.5 Å². The fourth-order valence-corrected chi connectivity index (χ4v) is 2.13. The second-order valence-electron chi connectivity index (χ2n) is 4.03. The summed E-state index contributed by atoms with van der Waals surface area (Å²) in [5, 5.41) is 3.72. The van der Waals surface area contributed by atoms with Gasteiger partial charge in [0.25, 0.3) is 0 Å². The Morgan fingerprint density at radius 1 is 1.37 bits per heavy atom. The second-order valence-corrected chi connectivity index (χ2v) is 5.29.